The van der Waals surface area contributed by atoms with Crippen LogP contribution >= 0.6 is 0 Å². The van der Waals surface area contributed by atoms with Crippen LogP contribution in [-0.2, 0) is 46.8 Å². The first-order chi connectivity index (χ1) is 29.0. The van der Waals surface area contributed by atoms with E-state index in [-0.39, 0.29) is 66.6 Å². The van der Waals surface area contributed by atoms with Crippen LogP contribution < -0.4 is 0 Å². The van der Waals surface area contributed by atoms with Crippen LogP contribution in [0.25, 0.3) is 0 Å². The summed E-state index contributed by atoms with van der Waals surface area (Å²) in [6.07, 6.45) is 2.60. The number of rotatable bonds is 14. The van der Waals surface area contributed by atoms with E-state index in [2.05, 4.69) is 11.6 Å². The van der Waals surface area contributed by atoms with E-state index < -0.39 is 0 Å². The first-order valence-electron chi connectivity index (χ1n) is 20.4. The van der Waals surface area contributed by atoms with Gasteiger partial charge < -0.3 is 33.9 Å². The number of carbonyl (C=O) groups excluding carboxylic acids is 2. The maximum atomic E-state index is 13.1. The largest absolute Gasteiger partial charge is 0.396 e. The average molecular weight is 811 g/mol. The summed E-state index contributed by atoms with van der Waals surface area (Å²) in [5.41, 5.74) is 4.27. The van der Waals surface area contributed by atoms with E-state index in [0.717, 1.165) is 22.3 Å². The van der Waals surface area contributed by atoms with Crippen LogP contribution in [0.1, 0.15) is 61.4 Å². The molecule has 8 atom stereocenters. The zero-order chi connectivity index (χ0) is 42.0. The summed E-state index contributed by atoms with van der Waals surface area (Å²) in [7, 11) is 0. The highest BCUT2D eigenvalue weighted by molar-refractivity contribution is 5.83. The Morgan fingerprint density at radius 2 is 1.03 bits per heavy atom. The molecule has 0 aromatic heterocycles. The Balaban J connectivity index is 0.000000202. The number of aliphatic hydroxyl groups is 1. The predicted octanol–water partition coefficient (Wildman–Crippen LogP) is 7.68. The zero-order valence-corrected chi connectivity index (χ0v) is 33.9. The summed E-state index contributed by atoms with van der Waals surface area (Å²) in [6, 6.07) is 39.9. The van der Waals surface area contributed by atoms with Crippen LogP contribution in [0.15, 0.2) is 134 Å². The number of aliphatic hydroxyl groups excluding tert-OH is 1. The van der Waals surface area contributed by atoms with E-state index in [0.29, 0.717) is 52.5 Å². The van der Waals surface area contributed by atoms with Gasteiger partial charge in [0.25, 0.3) is 0 Å². The third kappa shape index (κ3) is 11.3. The van der Waals surface area contributed by atoms with Crippen LogP contribution in [0.2, 0.25) is 0 Å². The molecule has 0 bridgehead atoms. The maximum absolute atomic E-state index is 13.1. The van der Waals surface area contributed by atoms with Crippen LogP contribution in [-0.4, -0.2) is 82.4 Å². The van der Waals surface area contributed by atoms with Gasteiger partial charge in [0, 0.05) is 54.6 Å². The number of benzene rings is 4. The topological polar surface area (TPSA) is 147 Å². The van der Waals surface area contributed by atoms with Crippen molar-refractivity contribution in [2.75, 3.05) is 33.0 Å². The van der Waals surface area contributed by atoms with Gasteiger partial charge in [0.15, 0.2) is 12.5 Å². The zero-order valence-electron chi connectivity index (χ0n) is 33.9. The van der Waals surface area contributed by atoms with Crippen LogP contribution in [0.5, 0.6) is 0 Å². The van der Waals surface area contributed by atoms with E-state index >= 15 is 0 Å². The second-order valence-electron chi connectivity index (χ2n) is 14.4. The summed E-state index contributed by atoms with van der Waals surface area (Å²) < 4.78 is 23.5. The molecule has 4 aliphatic heterocycles. The number of hydrogen-bond donors (Lipinski definition) is 3. The second-order valence-corrected chi connectivity index (χ2v) is 14.4. The first kappa shape index (κ1) is 45.3. The molecule has 3 N–H and O–H groups in total. The average Bonchev–Trinajstić information content (AvgIpc) is 4.05. The highest BCUT2D eigenvalue weighted by Crippen LogP contribution is 2.45. The molecule has 8 rings (SSSR count). The summed E-state index contributed by atoms with van der Waals surface area (Å²) >= 11 is 0. The molecular weight excluding hydrogens is 753 g/mol. The fraction of sp³-hybridized carbons (Fsp3) is 0.404. The van der Waals surface area contributed by atoms with Crippen molar-refractivity contribution in [3.63, 3.8) is 0 Å². The second kappa shape index (κ2) is 23.7. The smallest absolute Gasteiger partial charge is 0.229 e. The molecule has 316 valence electrons. The Hall–Kier alpha value is -4.76. The van der Waals surface area contributed by atoms with Crippen molar-refractivity contribution in [2.45, 2.75) is 64.4 Å². The van der Waals surface area contributed by atoms with E-state index in [4.69, 9.17) is 29.5 Å². The van der Waals surface area contributed by atoms with E-state index in [1.165, 1.54) is 0 Å². The lowest BCUT2D eigenvalue weighted by Gasteiger charge is -2.23. The molecule has 4 saturated heterocycles. The van der Waals surface area contributed by atoms with E-state index in [1.807, 2.05) is 151 Å². The van der Waals surface area contributed by atoms with E-state index in [9.17, 15) is 14.7 Å². The van der Waals surface area contributed by atoms with Crippen LogP contribution in [0, 0.1) is 23.7 Å². The molecule has 59 heavy (non-hydrogen) atoms. The van der Waals surface area contributed by atoms with Gasteiger partial charge in [0.1, 0.15) is 0 Å². The molecular formula is C47H58N2O10. The standard InChI is InChI=1S/C23H25NO3.C22H25NO4.C2H6.H2O3/c1-2-19-20(13-14-26-15-17-9-5-3-6-10-17)22(25)24-21(19)16-27-23(24)18-11-7-4-8-12-18;24-13-19-18(11-12-26-14-16-7-3-1-4-8-16)21(25)23-20(19)15-27-22(23)17-9-5-2-6-10-17;1-2;1-3-2/h2-12,19-21,23H,1,13-16H2;1-10,18-20,22,24H,11-15H2;1-2H3;1-2H/t19-,20-,21+,23+;18-,19-,20+,22+;;/m11../s1. The molecule has 4 aromatic carbocycles. The lowest BCUT2D eigenvalue weighted by Crippen LogP contribution is -2.33. The quantitative estimate of drug-likeness (QED) is 0.0502. The molecule has 12 nitrogen and oxygen atoms in total. The van der Waals surface area contributed by atoms with Gasteiger partial charge in [-0.15, -0.1) is 6.58 Å². The molecule has 0 saturated carbocycles. The lowest BCUT2D eigenvalue weighted by molar-refractivity contribution is -0.465. The predicted molar refractivity (Wildman–Crippen MR) is 222 cm³/mol. The normalized spacial score (nSPS) is 25.2. The molecule has 4 heterocycles. The molecule has 0 unspecified atom stereocenters. The van der Waals surface area contributed by atoms with Crippen molar-refractivity contribution in [2.24, 2.45) is 23.7 Å². The first-order valence-corrected chi connectivity index (χ1v) is 20.4. The third-order valence-electron chi connectivity index (χ3n) is 11.2. The monoisotopic (exact) mass is 810 g/mol. The summed E-state index contributed by atoms with van der Waals surface area (Å²) in [6.45, 7) is 11.2. The van der Waals surface area contributed by atoms with Gasteiger partial charge in [0.2, 0.25) is 11.8 Å². The molecule has 0 aliphatic carbocycles. The number of fused-ring (bicyclic) bond motifs is 2. The molecule has 12 heteroatoms. The number of hydrogen-bond acceptors (Lipinski definition) is 10. The number of ether oxygens (including phenoxy) is 4. The Morgan fingerprint density at radius 1 is 0.644 bits per heavy atom. The Kier molecular flexibility index (Phi) is 18.2. The lowest BCUT2D eigenvalue weighted by atomic mass is 9.88. The Labute approximate surface area is 347 Å². The minimum absolute atomic E-state index is 0.0128. The number of amides is 2. The molecule has 2 amide bonds. The SMILES string of the molecule is C=C[C@@H]1[C@@H](CCOCc2ccccc2)C(=O)N2[C@H](c3ccccc3)OC[C@@H]12.CC.O=C1[C@H](CCOCc2ccccc2)[C@@H](CO)[C@@H]2CO[C@@H](c3ccccc3)N12.OOO. The summed E-state index contributed by atoms with van der Waals surface area (Å²) in [5.74, 6) is -0.0874. The highest BCUT2D eigenvalue weighted by atomic mass is 17.4. The highest BCUT2D eigenvalue weighted by Gasteiger charge is 2.54. The third-order valence-corrected chi connectivity index (χ3v) is 11.2. The Bertz CT molecular complexity index is 1820. The van der Waals surface area contributed by atoms with Gasteiger partial charge in [0.05, 0.1) is 38.5 Å². The van der Waals surface area contributed by atoms with Gasteiger partial charge in [-0.1, -0.05) is 146 Å². The van der Waals surface area contributed by atoms with E-state index in [1.54, 1.807) is 0 Å². The molecule has 4 aliphatic rings. The molecule has 4 fully saturated rings. The maximum Gasteiger partial charge on any atom is 0.229 e. The molecule has 4 aromatic rings. The van der Waals surface area contributed by atoms with Crippen molar-refractivity contribution in [3.05, 3.63) is 156 Å². The summed E-state index contributed by atoms with van der Waals surface area (Å²) in [5, 5.41) is 25.4. The van der Waals surface area contributed by atoms with Crippen molar-refractivity contribution >= 4 is 11.8 Å². The van der Waals surface area contributed by atoms with Gasteiger partial charge in [-0.25, -0.2) is 10.5 Å². The van der Waals surface area contributed by atoms with Gasteiger partial charge >= 0.3 is 0 Å². The van der Waals surface area contributed by atoms with Gasteiger partial charge in [-0.2, -0.15) is 0 Å². The van der Waals surface area contributed by atoms with Crippen molar-refractivity contribution in [1.82, 2.24) is 9.80 Å². The Morgan fingerprint density at radius 3 is 1.47 bits per heavy atom. The number of carbonyl (C=O) groups is 2. The number of nitrogens with zero attached hydrogens (tertiary/aromatic N) is 2. The molecule has 0 spiro atoms. The van der Waals surface area contributed by atoms with Crippen LogP contribution in [0.3, 0.4) is 0 Å². The fourth-order valence-corrected chi connectivity index (χ4v) is 8.42. The van der Waals surface area contributed by atoms with Crippen molar-refractivity contribution in [3.8, 4) is 0 Å². The van der Waals surface area contributed by atoms with Gasteiger partial charge in [-0.3, -0.25) is 9.59 Å². The fourth-order valence-electron chi connectivity index (χ4n) is 8.42. The minimum atomic E-state index is -0.354. The van der Waals surface area contributed by atoms with Crippen molar-refractivity contribution in [1.29, 1.82) is 0 Å². The minimum Gasteiger partial charge on any atom is -0.396 e. The van der Waals surface area contributed by atoms with Gasteiger partial charge in [-0.05, 0) is 24.0 Å². The van der Waals surface area contributed by atoms with Crippen LogP contribution in [0.4, 0.5) is 0 Å². The van der Waals surface area contributed by atoms with Crippen molar-refractivity contribution < 1.29 is 49.2 Å². The molecule has 0 radical (unpaired) electrons. The summed E-state index contributed by atoms with van der Waals surface area (Å²) in [4.78, 5) is 30.0.